The molecule has 3 atom stereocenters. The summed E-state index contributed by atoms with van der Waals surface area (Å²) in [4.78, 5) is 45.8. The van der Waals surface area contributed by atoms with E-state index in [1.807, 2.05) is 0 Å². The lowest BCUT2D eigenvalue weighted by Gasteiger charge is -2.18. The number of carboxylic acid groups (broad SMARTS) is 1. The first-order valence-electron chi connectivity index (χ1n) is 22.0. The second-order valence-corrected chi connectivity index (χ2v) is 16.0. The van der Waals surface area contributed by atoms with Gasteiger partial charge < -0.3 is 25.2 Å². The first-order valence-corrected chi connectivity index (χ1v) is 23.5. The molecule has 0 saturated heterocycles. The number of phosphoric acid groups is 1. The maximum Gasteiger partial charge on any atom is 0.472 e. The Labute approximate surface area is 350 Å². The van der Waals surface area contributed by atoms with Gasteiger partial charge in [0.15, 0.2) is 6.04 Å². The molecule has 0 bridgehead atoms. The fraction of sp³-hybridized carbons (Fsp3) is 0.674. The summed E-state index contributed by atoms with van der Waals surface area (Å²) in [7, 11) is -4.76. The number of carbonyl (C=O) groups excluding carboxylic acids is 2. The van der Waals surface area contributed by atoms with Gasteiger partial charge in [-0.05, 0) is 77.0 Å². The first-order chi connectivity index (χ1) is 28.1. The fourth-order valence-corrected chi connectivity index (χ4v) is 6.33. The highest BCUT2D eigenvalue weighted by Crippen LogP contribution is 2.43. The van der Waals surface area contributed by atoms with Crippen molar-refractivity contribution < 1.29 is 47.8 Å². The standard InChI is InChI=1S/C46H78NO10P/c1-3-5-7-9-11-13-15-16-17-18-19-20-21-22-23-24-25-26-28-30-32-34-36-38-45(50)55-39-42(48)40-56-58(53,54)57-41-43(46(51)52)47-44(49)37-35-33-31-29-27-14-12-10-8-6-4-2/h5,7,10-13,16-17,19-20,22-23,42-43,48H,3-4,6,8-9,14-15,18,21,24-41H2,1-2H3,(H,47,49)(H,51,52)(H,53,54)/b7-5-,12-10-,13-11-,17-16-,20-19-,23-22-. The lowest BCUT2D eigenvalue weighted by Crippen LogP contribution is -2.43. The van der Waals surface area contributed by atoms with Crippen molar-refractivity contribution in [3.05, 3.63) is 72.9 Å². The SMILES string of the molecule is CC/C=C\C/C=C\C/C=C\C/C=C\C/C=C\CCCCCCCCCC(=O)OCC(O)COP(=O)(O)OCC(NC(=O)CCCCCCC/C=C\CCCC)C(=O)O. The molecule has 1 amide bonds. The van der Waals surface area contributed by atoms with Crippen LogP contribution in [0.1, 0.15) is 168 Å². The molecule has 3 unspecified atom stereocenters. The number of hydrogen-bond acceptors (Lipinski definition) is 8. The summed E-state index contributed by atoms with van der Waals surface area (Å²) >= 11 is 0. The van der Waals surface area contributed by atoms with Gasteiger partial charge in [-0.2, -0.15) is 0 Å². The molecule has 0 radical (unpaired) electrons. The third-order valence-corrected chi connectivity index (χ3v) is 9.93. The highest BCUT2D eigenvalue weighted by atomic mass is 31.2. The number of carboxylic acids is 1. The molecule has 332 valence electrons. The normalized spacial score (nSPS) is 14.4. The molecule has 0 aliphatic heterocycles. The van der Waals surface area contributed by atoms with Crippen LogP contribution in [0.3, 0.4) is 0 Å². The number of rotatable bonds is 40. The van der Waals surface area contributed by atoms with E-state index in [9.17, 15) is 34.1 Å². The van der Waals surface area contributed by atoms with E-state index in [1.165, 1.54) is 25.7 Å². The van der Waals surface area contributed by atoms with Crippen LogP contribution in [0.2, 0.25) is 0 Å². The molecule has 0 aromatic heterocycles. The molecule has 11 nitrogen and oxygen atoms in total. The number of unbranched alkanes of at least 4 members (excludes halogenated alkanes) is 14. The topological polar surface area (TPSA) is 169 Å². The van der Waals surface area contributed by atoms with Crippen molar-refractivity contribution in [3.8, 4) is 0 Å². The summed E-state index contributed by atoms with van der Waals surface area (Å²) in [6.07, 6.45) is 47.9. The van der Waals surface area contributed by atoms with E-state index in [0.29, 0.717) is 12.8 Å². The molecule has 0 rings (SSSR count). The molecule has 0 aromatic rings. The lowest BCUT2D eigenvalue weighted by molar-refractivity contribution is -0.147. The number of phosphoric ester groups is 1. The van der Waals surface area contributed by atoms with Crippen LogP contribution >= 0.6 is 7.82 Å². The third-order valence-electron chi connectivity index (χ3n) is 8.98. The molecule has 0 heterocycles. The quantitative estimate of drug-likeness (QED) is 0.0202. The average molecular weight is 836 g/mol. The van der Waals surface area contributed by atoms with Crippen LogP contribution in [0.25, 0.3) is 0 Å². The van der Waals surface area contributed by atoms with Crippen LogP contribution in [0, 0.1) is 0 Å². The lowest BCUT2D eigenvalue weighted by atomic mass is 10.1. The van der Waals surface area contributed by atoms with E-state index in [4.69, 9.17) is 13.8 Å². The van der Waals surface area contributed by atoms with Crippen molar-refractivity contribution in [1.29, 1.82) is 0 Å². The molecule has 0 saturated carbocycles. The minimum absolute atomic E-state index is 0.131. The minimum Gasteiger partial charge on any atom is -0.480 e. The number of ether oxygens (including phenoxy) is 1. The number of carbonyl (C=O) groups is 3. The highest BCUT2D eigenvalue weighted by molar-refractivity contribution is 7.47. The predicted octanol–water partition coefficient (Wildman–Crippen LogP) is 11.3. The summed E-state index contributed by atoms with van der Waals surface area (Å²) in [6, 6.07) is -1.55. The Bertz CT molecular complexity index is 1260. The van der Waals surface area contributed by atoms with Gasteiger partial charge in [0.2, 0.25) is 5.91 Å². The Hall–Kier alpha value is -3.08. The summed E-state index contributed by atoms with van der Waals surface area (Å²) in [5.74, 6) is -2.41. The van der Waals surface area contributed by atoms with Crippen molar-refractivity contribution >= 4 is 25.7 Å². The minimum atomic E-state index is -4.76. The van der Waals surface area contributed by atoms with Crippen LogP contribution < -0.4 is 5.32 Å². The Balaban J connectivity index is 3.89. The van der Waals surface area contributed by atoms with Crippen LogP contribution in [0.15, 0.2) is 72.9 Å². The zero-order valence-electron chi connectivity index (χ0n) is 35.8. The molecule has 12 heteroatoms. The second kappa shape index (κ2) is 40.7. The van der Waals surface area contributed by atoms with Crippen molar-refractivity contribution in [3.63, 3.8) is 0 Å². The zero-order chi connectivity index (χ0) is 42.8. The van der Waals surface area contributed by atoms with Gasteiger partial charge in [0.1, 0.15) is 12.7 Å². The van der Waals surface area contributed by atoms with Gasteiger partial charge in [-0.3, -0.25) is 18.6 Å². The highest BCUT2D eigenvalue weighted by Gasteiger charge is 2.28. The number of esters is 1. The van der Waals surface area contributed by atoms with E-state index in [1.54, 1.807) is 0 Å². The average Bonchev–Trinajstić information content (AvgIpc) is 3.20. The van der Waals surface area contributed by atoms with Gasteiger partial charge in [-0.15, -0.1) is 0 Å². The summed E-state index contributed by atoms with van der Waals surface area (Å²) in [5.41, 5.74) is 0. The summed E-state index contributed by atoms with van der Waals surface area (Å²) in [6.45, 7) is 2.40. The summed E-state index contributed by atoms with van der Waals surface area (Å²) in [5, 5.41) is 21.8. The van der Waals surface area contributed by atoms with Crippen LogP contribution in [-0.4, -0.2) is 64.9 Å². The molecule has 0 aliphatic rings. The number of aliphatic hydroxyl groups is 1. The largest absolute Gasteiger partial charge is 0.480 e. The Morgan fingerprint density at radius 2 is 1.00 bits per heavy atom. The van der Waals surface area contributed by atoms with Gasteiger partial charge in [0.25, 0.3) is 0 Å². The molecule has 0 fully saturated rings. The number of amides is 1. The Morgan fingerprint density at radius 3 is 1.52 bits per heavy atom. The van der Waals surface area contributed by atoms with E-state index >= 15 is 0 Å². The smallest absolute Gasteiger partial charge is 0.472 e. The second-order valence-electron chi connectivity index (χ2n) is 14.5. The van der Waals surface area contributed by atoms with E-state index in [-0.39, 0.29) is 12.8 Å². The van der Waals surface area contributed by atoms with Gasteiger partial charge in [0.05, 0.1) is 13.2 Å². The monoisotopic (exact) mass is 836 g/mol. The van der Waals surface area contributed by atoms with Crippen molar-refractivity contribution in [2.75, 3.05) is 19.8 Å². The van der Waals surface area contributed by atoms with Gasteiger partial charge in [-0.25, -0.2) is 9.36 Å². The Morgan fingerprint density at radius 1 is 0.569 bits per heavy atom. The Kier molecular flexibility index (Phi) is 38.5. The van der Waals surface area contributed by atoms with Crippen molar-refractivity contribution in [2.24, 2.45) is 0 Å². The van der Waals surface area contributed by atoms with Crippen LogP contribution in [-0.2, 0) is 32.7 Å². The maximum atomic E-state index is 12.2. The van der Waals surface area contributed by atoms with E-state index < -0.39 is 57.6 Å². The number of nitrogens with one attached hydrogen (secondary N) is 1. The molecule has 0 aromatic carbocycles. The number of allylic oxidation sites excluding steroid dienone is 12. The molecule has 58 heavy (non-hydrogen) atoms. The summed E-state index contributed by atoms with van der Waals surface area (Å²) < 4.78 is 26.8. The van der Waals surface area contributed by atoms with Crippen LogP contribution in [0.4, 0.5) is 0 Å². The molecule has 4 N–H and O–H groups in total. The van der Waals surface area contributed by atoms with Gasteiger partial charge in [0, 0.05) is 12.8 Å². The fourth-order valence-electron chi connectivity index (χ4n) is 5.56. The van der Waals surface area contributed by atoms with Crippen molar-refractivity contribution in [1.82, 2.24) is 5.32 Å². The van der Waals surface area contributed by atoms with Gasteiger partial charge in [-0.1, -0.05) is 151 Å². The van der Waals surface area contributed by atoms with E-state index in [2.05, 4.69) is 92.1 Å². The van der Waals surface area contributed by atoms with Crippen molar-refractivity contribution in [2.45, 2.75) is 180 Å². The third kappa shape index (κ3) is 39.7. The van der Waals surface area contributed by atoms with Gasteiger partial charge >= 0.3 is 19.8 Å². The number of aliphatic carboxylic acids is 1. The predicted molar refractivity (Wildman–Crippen MR) is 235 cm³/mol. The molecule has 0 aliphatic carbocycles. The zero-order valence-corrected chi connectivity index (χ0v) is 36.7. The van der Waals surface area contributed by atoms with Crippen LogP contribution in [0.5, 0.6) is 0 Å². The first kappa shape index (κ1) is 54.9. The number of aliphatic hydroxyl groups excluding tert-OH is 1. The molecular formula is C46H78NO10P. The maximum absolute atomic E-state index is 12.2. The van der Waals surface area contributed by atoms with E-state index in [0.717, 1.165) is 103 Å². The molecular weight excluding hydrogens is 757 g/mol. The molecule has 0 spiro atoms. The number of hydrogen-bond donors (Lipinski definition) is 4.